The van der Waals surface area contributed by atoms with Gasteiger partial charge < -0.3 is 23.7 Å². The second-order valence-corrected chi connectivity index (χ2v) is 14.0. The minimum atomic E-state index is -1.65. The molecule has 0 aliphatic carbocycles. The summed E-state index contributed by atoms with van der Waals surface area (Å²) in [5.41, 5.74) is 2.89. The van der Waals surface area contributed by atoms with E-state index in [1.54, 1.807) is 0 Å². The third kappa shape index (κ3) is 6.09. The van der Waals surface area contributed by atoms with Gasteiger partial charge in [-0.25, -0.2) is 0 Å². The molecule has 0 saturated carbocycles. The Bertz CT molecular complexity index is 572. The molecule has 5 nitrogen and oxygen atoms in total. The van der Waals surface area contributed by atoms with Crippen LogP contribution in [0.1, 0.15) is 74.1 Å². The van der Waals surface area contributed by atoms with E-state index < -0.39 is 25.8 Å². The Labute approximate surface area is 185 Å². The predicted molar refractivity (Wildman–Crippen MR) is 123 cm³/mol. The maximum Gasteiger partial charge on any atom is 0.192 e. The largest absolute Gasteiger partial charge is 0.377 e. The Hall–Kier alpha value is -0.423. The van der Waals surface area contributed by atoms with Crippen molar-refractivity contribution in [1.82, 2.24) is 0 Å². The van der Waals surface area contributed by atoms with Crippen molar-refractivity contribution < 1.29 is 23.7 Å². The fourth-order valence-corrected chi connectivity index (χ4v) is 6.66. The van der Waals surface area contributed by atoms with Crippen molar-refractivity contribution in [3.8, 4) is 11.5 Å². The van der Waals surface area contributed by atoms with Crippen LogP contribution in [0, 0.1) is 11.5 Å². The molecule has 0 aromatic rings. The van der Waals surface area contributed by atoms with E-state index in [2.05, 4.69) is 46.1 Å². The first kappa shape index (κ1) is 25.8. The molecule has 2 aliphatic rings. The number of ether oxygens (including phenoxy) is 5. The Morgan fingerprint density at radius 1 is 0.867 bits per heavy atom. The van der Waals surface area contributed by atoms with Crippen molar-refractivity contribution in [2.75, 3.05) is 19.8 Å². The van der Waals surface area contributed by atoms with Gasteiger partial charge in [0.25, 0.3) is 0 Å². The van der Waals surface area contributed by atoms with Gasteiger partial charge in [-0.2, -0.15) is 0 Å². The van der Waals surface area contributed by atoms with E-state index in [0.717, 1.165) is 43.8 Å². The lowest BCUT2D eigenvalue weighted by molar-refractivity contribution is -0.239. The summed E-state index contributed by atoms with van der Waals surface area (Å²) in [6.45, 7) is 16.7. The van der Waals surface area contributed by atoms with E-state index in [9.17, 15) is 0 Å². The van der Waals surface area contributed by atoms with Crippen LogP contribution in [-0.2, 0) is 23.7 Å². The zero-order valence-electron chi connectivity index (χ0n) is 20.3. The molecule has 0 unspecified atom stereocenters. The summed E-state index contributed by atoms with van der Waals surface area (Å²) >= 11 is 0. The Kier molecular flexibility index (Phi) is 9.86. The van der Waals surface area contributed by atoms with Gasteiger partial charge in [0.05, 0.1) is 6.61 Å². The molecule has 0 spiro atoms. The van der Waals surface area contributed by atoms with Crippen LogP contribution in [-0.4, -0.2) is 57.8 Å². The van der Waals surface area contributed by atoms with Crippen molar-refractivity contribution in [1.29, 1.82) is 0 Å². The molecule has 2 aliphatic heterocycles. The van der Waals surface area contributed by atoms with Crippen LogP contribution in [0.2, 0.25) is 18.1 Å². The first-order valence-corrected chi connectivity index (χ1v) is 14.7. The van der Waals surface area contributed by atoms with Crippen LogP contribution < -0.4 is 0 Å². The van der Waals surface area contributed by atoms with Crippen LogP contribution in [0.5, 0.6) is 0 Å². The van der Waals surface area contributed by atoms with E-state index in [4.69, 9.17) is 23.7 Å². The molecule has 6 heteroatoms. The molecule has 2 rings (SSSR count). The van der Waals surface area contributed by atoms with Crippen LogP contribution in [0.3, 0.4) is 0 Å². The van der Waals surface area contributed by atoms with Crippen molar-refractivity contribution in [3.05, 3.63) is 0 Å². The third-order valence-electron chi connectivity index (χ3n) is 6.50. The van der Waals surface area contributed by atoms with Gasteiger partial charge in [-0.3, -0.25) is 0 Å². The Morgan fingerprint density at radius 2 is 1.50 bits per heavy atom. The van der Waals surface area contributed by atoms with E-state index in [-0.39, 0.29) is 12.2 Å². The number of fused-ring (bicyclic) bond motifs is 1. The van der Waals surface area contributed by atoms with Crippen molar-refractivity contribution in [2.24, 2.45) is 0 Å². The van der Waals surface area contributed by atoms with Gasteiger partial charge in [-0.05, 0) is 44.8 Å². The quantitative estimate of drug-likeness (QED) is 0.234. The normalized spacial score (nSPS) is 30.2. The van der Waals surface area contributed by atoms with Gasteiger partial charge in [0.2, 0.25) is 0 Å². The Morgan fingerprint density at radius 3 is 2.10 bits per heavy atom. The number of rotatable bonds is 12. The number of hydrogen-bond acceptors (Lipinski definition) is 5. The smallest absolute Gasteiger partial charge is 0.192 e. The monoisotopic (exact) mass is 440 g/mol. The molecular formula is C24H44O5Si. The highest BCUT2D eigenvalue weighted by atomic mass is 28.3. The van der Waals surface area contributed by atoms with Gasteiger partial charge >= 0.3 is 0 Å². The van der Waals surface area contributed by atoms with E-state index >= 15 is 0 Å². The summed E-state index contributed by atoms with van der Waals surface area (Å²) in [5, 5.41) is 0. The third-order valence-corrected chi connectivity index (χ3v) is 11.2. The summed E-state index contributed by atoms with van der Waals surface area (Å²) in [4.78, 5) is 0. The van der Waals surface area contributed by atoms with Crippen LogP contribution in [0.25, 0.3) is 0 Å². The van der Waals surface area contributed by atoms with Crippen molar-refractivity contribution in [2.45, 2.75) is 122 Å². The van der Waals surface area contributed by atoms with Crippen LogP contribution in [0.4, 0.5) is 0 Å². The minimum absolute atomic E-state index is 0.290. The van der Waals surface area contributed by atoms with E-state index in [1.807, 2.05) is 13.8 Å². The zero-order chi connectivity index (χ0) is 22.3. The molecule has 2 heterocycles. The Balaban J connectivity index is 2.36. The summed E-state index contributed by atoms with van der Waals surface area (Å²) < 4.78 is 31.3. The average Bonchev–Trinajstić information content (AvgIpc) is 3.16. The standard InChI is InChI=1S/C24H44O5Si/c1-8-13-16-25-19-24(15-18-30(10-3,11-4)12-5)21(26-17-14-9-2)20-22(29-24)28-23(6,7)27-20/h20-22H,8-14,16-17,19H2,1-7H3/t20-,21+,22+,24-/m1/s1. The summed E-state index contributed by atoms with van der Waals surface area (Å²) in [5.74, 6) is 2.90. The number of unbranched alkanes of at least 4 members (excludes halogenated alkanes) is 2. The lowest BCUT2D eigenvalue weighted by Gasteiger charge is -2.33. The minimum Gasteiger partial charge on any atom is -0.377 e. The molecule has 0 N–H and O–H groups in total. The molecule has 0 radical (unpaired) electrons. The topological polar surface area (TPSA) is 46.2 Å². The number of hydrogen-bond donors (Lipinski definition) is 0. The molecule has 0 aromatic heterocycles. The lowest BCUT2D eigenvalue weighted by atomic mass is 9.96. The second-order valence-electron chi connectivity index (χ2n) is 9.12. The molecule has 0 amide bonds. The predicted octanol–water partition coefficient (Wildman–Crippen LogP) is 5.29. The highest BCUT2D eigenvalue weighted by Crippen LogP contribution is 2.44. The van der Waals surface area contributed by atoms with Gasteiger partial charge in [0, 0.05) is 13.2 Å². The van der Waals surface area contributed by atoms with Gasteiger partial charge in [0.15, 0.2) is 17.7 Å². The van der Waals surface area contributed by atoms with Crippen LogP contribution in [0.15, 0.2) is 0 Å². The molecule has 2 saturated heterocycles. The molecule has 0 aromatic carbocycles. The molecule has 4 atom stereocenters. The fraction of sp³-hybridized carbons (Fsp3) is 0.917. The van der Waals surface area contributed by atoms with E-state index in [0.29, 0.717) is 19.8 Å². The molecule has 0 bridgehead atoms. The zero-order valence-corrected chi connectivity index (χ0v) is 21.3. The summed E-state index contributed by atoms with van der Waals surface area (Å²) in [7, 11) is -1.65. The van der Waals surface area contributed by atoms with Gasteiger partial charge in [0.1, 0.15) is 20.3 Å². The average molecular weight is 441 g/mol. The second kappa shape index (κ2) is 11.4. The molecule has 30 heavy (non-hydrogen) atoms. The fourth-order valence-electron chi connectivity index (χ4n) is 4.15. The molecular weight excluding hydrogens is 396 g/mol. The van der Waals surface area contributed by atoms with Crippen molar-refractivity contribution in [3.63, 3.8) is 0 Å². The summed E-state index contributed by atoms with van der Waals surface area (Å²) in [6, 6.07) is 3.44. The SMILES string of the molecule is CCCCOC[C@@]1(C#C[Si](CC)(CC)CC)O[C@@H]2OC(C)(C)O[C@@H]2[C@@H]1OCCCC. The van der Waals surface area contributed by atoms with Gasteiger partial charge in [-0.15, -0.1) is 5.54 Å². The van der Waals surface area contributed by atoms with Crippen molar-refractivity contribution >= 4 is 8.07 Å². The van der Waals surface area contributed by atoms with Gasteiger partial charge in [-0.1, -0.05) is 53.4 Å². The first-order valence-electron chi connectivity index (χ1n) is 12.1. The molecule has 2 fully saturated rings. The maximum absolute atomic E-state index is 6.51. The summed E-state index contributed by atoms with van der Waals surface area (Å²) in [6.07, 6.45) is 3.11. The van der Waals surface area contributed by atoms with Crippen LogP contribution >= 0.6 is 0 Å². The maximum atomic E-state index is 6.51. The first-order chi connectivity index (χ1) is 14.3. The highest BCUT2D eigenvalue weighted by molar-refractivity contribution is 6.87. The molecule has 174 valence electrons. The van der Waals surface area contributed by atoms with E-state index in [1.165, 1.54) is 0 Å². The lowest BCUT2D eigenvalue weighted by Crippen LogP contribution is -2.50. The highest BCUT2D eigenvalue weighted by Gasteiger charge is 2.62.